The maximum absolute atomic E-state index is 5.96. The number of nitrogens with zero attached hydrogens (tertiary/aromatic N) is 7. The van der Waals surface area contributed by atoms with Gasteiger partial charge in [-0.3, -0.25) is 9.13 Å². The normalized spacial score (nSPS) is 11.8. The molecule has 7 nitrogen and oxygen atoms in total. The summed E-state index contributed by atoms with van der Waals surface area (Å²) in [6.45, 7) is 0. The van der Waals surface area contributed by atoms with Crippen LogP contribution in [0.3, 0.4) is 0 Å². The van der Waals surface area contributed by atoms with Crippen LogP contribution in [0.4, 0.5) is 0 Å². The first kappa shape index (κ1) is 38.8. The number of rotatable bonds is 7. The zero-order valence-electron chi connectivity index (χ0n) is 37.1. The van der Waals surface area contributed by atoms with Gasteiger partial charge in [0.1, 0.15) is 5.82 Å². The molecular formula is C62H39N7. The molecule has 14 rings (SSSR count). The standard InChI is InChI=1S/C62H39N7/c1-3-20-40(21-4-1)59-64-60(41-22-5-2-6-23-41)66-61(65-59)43-25-19-24-42(38-43)50-39-57(67-51-32-13-7-26-44(51)45-27-8-14-33-52(45)67)63-62(69-55-36-17-11-30-48(55)49-31-12-18-37-56(49)69)58(50)68-53-34-15-9-28-46(53)47-29-10-16-35-54(47)68/h1-39H. The van der Waals surface area contributed by atoms with Crippen LogP contribution < -0.4 is 0 Å². The largest absolute Gasteiger partial charge is 0.305 e. The first-order chi connectivity index (χ1) is 34.2. The van der Waals surface area contributed by atoms with E-state index in [0.717, 1.165) is 89.0 Å². The molecule has 14 aromatic rings. The molecule has 7 heteroatoms. The molecule has 0 bridgehead atoms. The van der Waals surface area contributed by atoms with Gasteiger partial charge >= 0.3 is 0 Å². The number of hydrogen-bond donors (Lipinski definition) is 0. The third kappa shape index (κ3) is 6.14. The van der Waals surface area contributed by atoms with E-state index in [4.69, 9.17) is 19.9 Å². The van der Waals surface area contributed by atoms with Gasteiger partial charge in [-0.05, 0) is 54.1 Å². The topological polar surface area (TPSA) is 66.3 Å². The number of pyridine rings is 1. The van der Waals surface area contributed by atoms with E-state index in [1.807, 2.05) is 60.7 Å². The minimum Gasteiger partial charge on any atom is -0.305 e. The fourth-order valence-electron chi connectivity index (χ4n) is 10.5. The smallest absolute Gasteiger partial charge is 0.165 e. The number of benzene rings is 9. The van der Waals surface area contributed by atoms with Crippen molar-refractivity contribution in [2.75, 3.05) is 0 Å². The molecule has 0 fully saturated rings. The van der Waals surface area contributed by atoms with Crippen LogP contribution in [0, 0.1) is 0 Å². The van der Waals surface area contributed by atoms with Gasteiger partial charge < -0.3 is 4.57 Å². The maximum Gasteiger partial charge on any atom is 0.165 e. The Hall–Kier alpha value is -9.46. The molecule has 0 aliphatic heterocycles. The fourth-order valence-corrected chi connectivity index (χ4v) is 10.5. The van der Waals surface area contributed by atoms with Crippen molar-refractivity contribution in [3.05, 3.63) is 237 Å². The second kappa shape index (κ2) is 15.6. The third-order valence-corrected chi connectivity index (χ3v) is 13.5. The summed E-state index contributed by atoms with van der Waals surface area (Å²) in [5.41, 5.74) is 12.1. The van der Waals surface area contributed by atoms with Crippen molar-refractivity contribution in [3.8, 4) is 62.6 Å². The summed E-state index contributed by atoms with van der Waals surface area (Å²) in [5.74, 6) is 3.41. The van der Waals surface area contributed by atoms with Crippen molar-refractivity contribution < 1.29 is 0 Å². The van der Waals surface area contributed by atoms with Gasteiger partial charge in [0.25, 0.3) is 0 Å². The van der Waals surface area contributed by atoms with E-state index in [0.29, 0.717) is 17.5 Å². The molecule has 5 aromatic heterocycles. The molecule has 0 radical (unpaired) electrons. The van der Waals surface area contributed by atoms with Gasteiger partial charge in [0.15, 0.2) is 23.3 Å². The van der Waals surface area contributed by atoms with Gasteiger partial charge in [-0.1, -0.05) is 188 Å². The highest BCUT2D eigenvalue weighted by Crippen LogP contribution is 2.44. The van der Waals surface area contributed by atoms with E-state index in [1.54, 1.807) is 0 Å². The first-order valence-electron chi connectivity index (χ1n) is 23.2. The van der Waals surface area contributed by atoms with Crippen molar-refractivity contribution in [2.24, 2.45) is 0 Å². The summed E-state index contributed by atoms with van der Waals surface area (Å²) in [6, 6.07) is 83.3. The molecule has 0 aliphatic carbocycles. The molecule has 0 unspecified atom stereocenters. The molecule has 0 spiro atoms. The Labute approximate surface area is 396 Å². The Morgan fingerprint density at radius 1 is 0.246 bits per heavy atom. The van der Waals surface area contributed by atoms with Gasteiger partial charge in [0, 0.05) is 54.6 Å². The van der Waals surface area contributed by atoms with Crippen molar-refractivity contribution in [3.63, 3.8) is 0 Å². The summed E-state index contributed by atoms with van der Waals surface area (Å²) in [5, 5.41) is 6.99. The van der Waals surface area contributed by atoms with Crippen LogP contribution in [0.15, 0.2) is 237 Å². The average molecular weight is 882 g/mol. The molecular weight excluding hydrogens is 843 g/mol. The molecule has 0 aliphatic rings. The zero-order chi connectivity index (χ0) is 45.4. The van der Waals surface area contributed by atoms with Crippen LogP contribution >= 0.6 is 0 Å². The van der Waals surface area contributed by atoms with Gasteiger partial charge in [0.05, 0.1) is 38.8 Å². The minimum atomic E-state index is 0.585. The minimum absolute atomic E-state index is 0.585. The van der Waals surface area contributed by atoms with Crippen molar-refractivity contribution in [2.45, 2.75) is 0 Å². The van der Waals surface area contributed by atoms with Crippen molar-refractivity contribution in [1.29, 1.82) is 0 Å². The van der Waals surface area contributed by atoms with Crippen LogP contribution in [0.1, 0.15) is 0 Å². The third-order valence-electron chi connectivity index (χ3n) is 13.5. The van der Waals surface area contributed by atoms with Crippen LogP contribution in [-0.2, 0) is 0 Å². The lowest BCUT2D eigenvalue weighted by atomic mass is 10.0. The molecule has 9 aromatic carbocycles. The molecule has 0 atom stereocenters. The summed E-state index contributed by atoms with van der Waals surface area (Å²) >= 11 is 0. The Morgan fingerprint density at radius 3 is 1.01 bits per heavy atom. The Bertz CT molecular complexity index is 4100. The molecule has 0 N–H and O–H groups in total. The summed E-state index contributed by atoms with van der Waals surface area (Å²) in [4.78, 5) is 21.4. The predicted octanol–water partition coefficient (Wildman–Crippen LogP) is 15.2. The molecule has 0 saturated heterocycles. The molecule has 0 saturated carbocycles. The number of hydrogen-bond acceptors (Lipinski definition) is 4. The van der Waals surface area contributed by atoms with E-state index in [1.165, 1.54) is 21.5 Å². The molecule has 69 heavy (non-hydrogen) atoms. The lowest BCUT2D eigenvalue weighted by molar-refractivity contribution is 0.985. The van der Waals surface area contributed by atoms with Gasteiger partial charge in [0.2, 0.25) is 0 Å². The number of para-hydroxylation sites is 6. The monoisotopic (exact) mass is 881 g/mol. The van der Waals surface area contributed by atoms with Crippen molar-refractivity contribution >= 4 is 65.4 Å². The summed E-state index contributed by atoms with van der Waals surface area (Å²) in [7, 11) is 0. The second-order valence-corrected chi connectivity index (χ2v) is 17.4. The zero-order valence-corrected chi connectivity index (χ0v) is 37.1. The quantitative estimate of drug-likeness (QED) is 0.160. The SMILES string of the molecule is c1ccc(-c2nc(-c3ccccc3)nc(-c3cccc(-c4cc(-n5c6ccccc6c6ccccc65)nc(-n5c6ccccc6c6ccccc65)c4-n4c5ccccc5c5ccccc54)c3)n2)cc1. The Balaban J connectivity index is 1.14. The second-order valence-electron chi connectivity index (χ2n) is 17.4. The first-order valence-corrected chi connectivity index (χ1v) is 23.2. The summed E-state index contributed by atoms with van der Waals surface area (Å²) in [6.07, 6.45) is 0. The average Bonchev–Trinajstić information content (AvgIpc) is 4.07. The van der Waals surface area contributed by atoms with Crippen LogP contribution in [-0.4, -0.2) is 33.6 Å². The van der Waals surface area contributed by atoms with E-state index in [-0.39, 0.29) is 0 Å². The highest BCUT2D eigenvalue weighted by molar-refractivity contribution is 6.13. The van der Waals surface area contributed by atoms with E-state index >= 15 is 0 Å². The molecule has 322 valence electrons. The van der Waals surface area contributed by atoms with E-state index < -0.39 is 0 Å². The lowest BCUT2D eigenvalue weighted by Crippen LogP contribution is -2.11. The number of aromatic nitrogens is 7. The highest BCUT2D eigenvalue weighted by Gasteiger charge is 2.27. The fraction of sp³-hybridized carbons (Fsp3) is 0. The van der Waals surface area contributed by atoms with Gasteiger partial charge in [-0.2, -0.15) is 0 Å². The molecule has 5 heterocycles. The Morgan fingerprint density at radius 2 is 0.580 bits per heavy atom. The van der Waals surface area contributed by atoms with E-state index in [2.05, 4.69) is 190 Å². The summed E-state index contributed by atoms with van der Waals surface area (Å²) < 4.78 is 7.13. The van der Waals surface area contributed by atoms with Crippen LogP contribution in [0.25, 0.3) is 128 Å². The van der Waals surface area contributed by atoms with E-state index in [9.17, 15) is 0 Å². The van der Waals surface area contributed by atoms with Crippen molar-refractivity contribution in [1.82, 2.24) is 33.6 Å². The molecule has 0 amide bonds. The number of fused-ring (bicyclic) bond motifs is 9. The Kier molecular flexibility index (Phi) is 8.75. The van der Waals surface area contributed by atoms with Crippen LogP contribution in [0.5, 0.6) is 0 Å². The lowest BCUT2D eigenvalue weighted by Gasteiger charge is -2.22. The maximum atomic E-state index is 5.96. The predicted molar refractivity (Wildman–Crippen MR) is 282 cm³/mol. The van der Waals surface area contributed by atoms with Crippen LogP contribution in [0.2, 0.25) is 0 Å². The van der Waals surface area contributed by atoms with Gasteiger partial charge in [-0.25, -0.2) is 19.9 Å². The highest BCUT2D eigenvalue weighted by atomic mass is 15.2. The van der Waals surface area contributed by atoms with Gasteiger partial charge in [-0.15, -0.1) is 0 Å².